The summed E-state index contributed by atoms with van der Waals surface area (Å²) in [6, 6.07) is 20.9. The number of aliphatic hydroxyl groups excluding tert-OH is 4. The second-order valence-electron chi connectivity index (χ2n) is 31.5. The van der Waals surface area contributed by atoms with E-state index in [1.165, 1.54) is 24.2 Å². The van der Waals surface area contributed by atoms with E-state index in [0.717, 1.165) is 69.0 Å². The number of fused-ring (bicyclic) bond motifs is 4. The van der Waals surface area contributed by atoms with E-state index < -0.39 is 54.4 Å². The Kier molecular flexibility index (Phi) is 23.4. The molecule has 0 unspecified atom stereocenters. The average molecular weight is 1420 g/mol. The number of hydroxylamine groups is 4. The van der Waals surface area contributed by atoms with Gasteiger partial charge in [0, 0.05) is 122 Å². The number of aliphatic hydroxyl groups is 4. The molecule has 22 nitrogen and oxygen atoms in total. The largest absolute Gasteiger partial charge is 0.496 e. The van der Waals surface area contributed by atoms with Crippen molar-refractivity contribution in [3.8, 4) is 33.8 Å². The summed E-state index contributed by atoms with van der Waals surface area (Å²) < 4.78 is 12.1. The summed E-state index contributed by atoms with van der Waals surface area (Å²) in [5.41, 5.74) is 7.83. The molecule has 5 aromatic rings. The lowest BCUT2D eigenvalue weighted by molar-refractivity contribution is -0.183. The molecule has 0 spiro atoms. The first-order valence-electron chi connectivity index (χ1n) is 36.5. The summed E-state index contributed by atoms with van der Waals surface area (Å²) in [6.07, 6.45) is 4.66. The van der Waals surface area contributed by atoms with Crippen LogP contribution in [0, 0.1) is 64.1 Å². The van der Waals surface area contributed by atoms with Gasteiger partial charge >= 0.3 is 0 Å². The van der Waals surface area contributed by atoms with Gasteiger partial charge in [0.15, 0.2) is 5.78 Å². The summed E-state index contributed by atoms with van der Waals surface area (Å²) in [5, 5.41) is 57.5. The second-order valence-corrected chi connectivity index (χ2v) is 32.5. The minimum absolute atomic E-state index is 0.0340. The molecular formula is C79H109N9O13S. The molecule has 14 rings (SSSR count). The molecule has 9 fully saturated rings. The van der Waals surface area contributed by atoms with Gasteiger partial charge in [0.25, 0.3) is 11.8 Å². The highest BCUT2D eigenvalue weighted by Crippen LogP contribution is 2.64. The third-order valence-corrected chi connectivity index (χ3v) is 25.5. The van der Waals surface area contributed by atoms with Gasteiger partial charge in [0.1, 0.15) is 46.8 Å². The number of aromatic nitrogens is 1. The average Bonchev–Trinajstić information content (AvgIpc) is 0.932. The van der Waals surface area contributed by atoms with Crippen molar-refractivity contribution < 1.29 is 63.5 Å². The number of thiazole rings is 1. The number of rotatable bonds is 24. The number of nitrogens with one attached hydrogen (secondary N) is 3. The summed E-state index contributed by atoms with van der Waals surface area (Å²) in [7, 11) is 12.5. The van der Waals surface area contributed by atoms with Gasteiger partial charge < -0.3 is 60.5 Å². The molecule has 3 saturated heterocycles. The molecule has 23 heteroatoms. The standard InChI is InChI=1S/C41H58N4O7.C38H51N5O6S/c1-23-26(16-29-20-32(23)41(29,3)4)19-34(48)37-36(24(2)47)35(22-46)52-45(37)21-25-11-9-12-31(38(25)51-8)27-15-28(18-30(17-27)43(6)7)40(50)44-14-10-13-33(44)39(49)42-5;1-21-29-16-26(38(29,3)4)17-30(21)41-37(47)34-33(22(2)45)31(20-44)49-43(34)19-23-9-8-10-28(35(23)48-7)24-13-25(15-27(14-24)42(5)6)36(46)40-18-32-39-11-12-50-32/h9,11-12,15,17-18,23-24,26,29,32-33,35-37,46-47H,10,13-14,16,19-22H2,1-8H3,(H,42,49);8-15,21-22,26,29-31,33-34,44-45H,16-20H2,1-7H3,(H,40,46)(H,41,47)/t23-,24+,26-,29+,32+,33+,35+,36-,37-;21-,22-,26+,29-,30-,31-,33-,34-/m10/s1. The maximum absolute atomic E-state index is 14.3. The van der Waals surface area contributed by atoms with Crippen molar-refractivity contribution in [1.82, 2.24) is 36.0 Å². The van der Waals surface area contributed by atoms with Crippen LogP contribution in [0.15, 0.2) is 84.4 Å². The van der Waals surface area contributed by atoms with E-state index in [4.69, 9.17) is 19.1 Å². The van der Waals surface area contributed by atoms with Crippen LogP contribution in [0.4, 0.5) is 11.4 Å². The Morgan fingerprint density at radius 3 is 1.73 bits per heavy atom. The Bertz CT molecular complexity index is 3830. The van der Waals surface area contributed by atoms with Crippen molar-refractivity contribution in [1.29, 1.82) is 0 Å². The number of Topliss-reactive ketones (excluding diaryl/α,β-unsaturated/α-hetero) is 1. The van der Waals surface area contributed by atoms with Crippen molar-refractivity contribution in [3.05, 3.63) is 112 Å². The van der Waals surface area contributed by atoms with Crippen molar-refractivity contribution in [2.45, 2.75) is 169 Å². The molecule has 6 aliphatic carbocycles. The lowest BCUT2D eigenvalue weighted by atomic mass is 9.43. The summed E-state index contributed by atoms with van der Waals surface area (Å²) in [5.74, 6) is 2.58. The number of ether oxygens (including phenoxy) is 2. The zero-order chi connectivity index (χ0) is 73.5. The van der Waals surface area contributed by atoms with E-state index in [0.29, 0.717) is 89.5 Å². The quantitative estimate of drug-likeness (QED) is 0.0304. The maximum Gasteiger partial charge on any atom is 0.254 e. The van der Waals surface area contributed by atoms with Gasteiger partial charge in [0.05, 0.1) is 59.3 Å². The van der Waals surface area contributed by atoms with Crippen molar-refractivity contribution >= 4 is 52.1 Å². The van der Waals surface area contributed by atoms with Crippen LogP contribution in [0.3, 0.4) is 0 Å². The third-order valence-electron chi connectivity index (χ3n) is 24.7. The van der Waals surface area contributed by atoms with Gasteiger partial charge in [-0.25, -0.2) is 4.98 Å². The molecular weight excluding hydrogens is 1310 g/mol. The first-order chi connectivity index (χ1) is 48.5. The van der Waals surface area contributed by atoms with Gasteiger partial charge in [-0.15, -0.1) is 11.3 Å². The molecule has 6 saturated carbocycles. The molecule has 4 bridgehead atoms. The number of ketones is 1. The van der Waals surface area contributed by atoms with Gasteiger partial charge in [0.2, 0.25) is 11.8 Å². The number of para-hydroxylation sites is 2. The minimum Gasteiger partial charge on any atom is -0.496 e. The molecule has 1 aromatic heterocycles. The van der Waals surface area contributed by atoms with E-state index >= 15 is 0 Å². The van der Waals surface area contributed by atoms with Crippen LogP contribution in [0.5, 0.6) is 11.5 Å². The highest BCUT2D eigenvalue weighted by Gasteiger charge is 2.59. The van der Waals surface area contributed by atoms with Crippen LogP contribution in [0.1, 0.15) is 137 Å². The molecule has 7 N–H and O–H groups in total. The Balaban J connectivity index is 0.000000205. The second kappa shape index (κ2) is 31.3. The summed E-state index contributed by atoms with van der Waals surface area (Å²) in [4.78, 5) is 90.8. The Labute approximate surface area is 605 Å². The topological polar surface area (TPSA) is 268 Å². The van der Waals surface area contributed by atoms with E-state index in [2.05, 4.69) is 62.5 Å². The molecule has 9 aliphatic rings. The molecule has 4 heterocycles. The number of carbonyl (C=O) groups is 5. The number of likely N-dealkylation sites (N-methyl/N-ethyl adjacent to an activating group) is 1. The Morgan fingerprint density at radius 1 is 0.706 bits per heavy atom. The van der Waals surface area contributed by atoms with Gasteiger partial charge in [-0.05, 0) is 152 Å². The fraction of sp³-hybridized carbons (Fsp3) is 0.595. The van der Waals surface area contributed by atoms with Crippen molar-refractivity contribution in [2.75, 3.05) is 79.0 Å². The maximum atomic E-state index is 14.3. The van der Waals surface area contributed by atoms with E-state index in [1.807, 2.05) is 116 Å². The van der Waals surface area contributed by atoms with Crippen LogP contribution in [-0.4, -0.2) is 188 Å². The molecule has 17 atom stereocenters. The number of methoxy groups -OCH3 is 2. The number of hydrogen-bond donors (Lipinski definition) is 7. The molecule has 102 heavy (non-hydrogen) atoms. The number of anilines is 2. The van der Waals surface area contributed by atoms with Gasteiger partial charge in [-0.2, -0.15) is 10.1 Å². The first-order valence-corrected chi connectivity index (χ1v) is 37.4. The van der Waals surface area contributed by atoms with Crippen LogP contribution >= 0.6 is 11.3 Å². The zero-order valence-electron chi connectivity index (χ0n) is 62.1. The highest BCUT2D eigenvalue weighted by atomic mass is 32.1. The molecule has 4 aromatic carbocycles. The molecule has 554 valence electrons. The van der Waals surface area contributed by atoms with Crippen LogP contribution in [0.25, 0.3) is 22.3 Å². The summed E-state index contributed by atoms with van der Waals surface area (Å²) in [6.45, 7) is 17.7. The normalized spacial score (nSPS) is 28.9. The molecule has 4 amide bonds. The van der Waals surface area contributed by atoms with E-state index in [9.17, 15) is 44.4 Å². The van der Waals surface area contributed by atoms with Gasteiger partial charge in [-0.3, -0.25) is 33.6 Å². The minimum atomic E-state index is -0.897. The fourth-order valence-electron chi connectivity index (χ4n) is 18.5. The monoisotopic (exact) mass is 1420 g/mol. The van der Waals surface area contributed by atoms with E-state index in [-0.39, 0.29) is 73.1 Å². The Morgan fingerprint density at radius 2 is 1.24 bits per heavy atom. The molecule has 3 aliphatic heterocycles. The van der Waals surface area contributed by atoms with E-state index in [1.54, 1.807) is 56.3 Å². The predicted molar refractivity (Wildman–Crippen MR) is 393 cm³/mol. The lowest BCUT2D eigenvalue weighted by Gasteiger charge is -2.62. The zero-order valence-corrected chi connectivity index (χ0v) is 63.0. The SMILES string of the molecule is CNC(=O)[C@@H]1CCCN1C(=O)c1cc(-c2cccc(CN3O[C@@H](CO)[C@@H]([C@H](C)O)[C@H]3C(=O)C[C@H]3C[C@H]4C[C@@H]([C@@H]3C)C4(C)C)c2OC)cc(N(C)C)c1.COc1c(CN2O[C@@H](CO)[C@H]([C@H](C)O)[C@H]2C(=O)N[C@H]2C[C@H]3C[C@@H]([C@@H]2C)C3(C)C)cccc1-c1cc(C(=O)NCc2nccs2)cc(N(C)C)c1. The Hall–Kier alpha value is -7.06. The van der Waals surface area contributed by atoms with Crippen LogP contribution in [0.2, 0.25) is 0 Å². The van der Waals surface area contributed by atoms with Crippen LogP contribution < -0.4 is 35.2 Å². The first kappa shape index (κ1) is 76.1. The number of benzene rings is 4. The number of nitrogens with zero attached hydrogens (tertiary/aromatic N) is 6. The van der Waals surface area contributed by atoms with Crippen molar-refractivity contribution in [3.63, 3.8) is 0 Å². The summed E-state index contributed by atoms with van der Waals surface area (Å²) >= 11 is 1.49. The number of amides is 4. The lowest BCUT2D eigenvalue weighted by Crippen LogP contribution is -2.62. The third kappa shape index (κ3) is 15.0. The number of hydrogen-bond acceptors (Lipinski definition) is 19. The highest BCUT2D eigenvalue weighted by molar-refractivity contribution is 7.09. The predicted octanol–water partition coefficient (Wildman–Crippen LogP) is 9.01. The smallest absolute Gasteiger partial charge is 0.254 e. The van der Waals surface area contributed by atoms with Gasteiger partial charge in [-0.1, -0.05) is 77.9 Å². The van der Waals surface area contributed by atoms with Crippen molar-refractivity contribution in [2.24, 2.45) is 64.1 Å². The fourth-order valence-corrected chi connectivity index (χ4v) is 19.1. The van der Waals surface area contributed by atoms with Crippen LogP contribution in [-0.2, 0) is 43.7 Å². The molecule has 0 radical (unpaired) electrons. The number of carbonyl (C=O) groups excluding carboxylic acids is 5. The number of likely N-dealkylation sites (tertiary alicyclic amines) is 1.